The third-order valence-electron chi connectivity index (χ3n) is 4.18. The van der Waals surface area contributed by atoms with Crippen molar-refractivity contribution in [3.8, 4) is 17.0 Å². The maximum Gasteiger partial charge on any atom is 0.357 e. The van der Waals surface area contributed by atoms with Gasteiger partial charge < -0.3 is 4.74 Å². The van der Waals surface area contributed by atoms with Gasteiger partial charge >= 0.3 is 6.73 Å². The van der Waals surface area contributed by atoms with E-state index in [1.54, 1.807) is 48.0 Å². The molecule has 0 bridgehead atoms. The van der Waals surface area contributed by atoms with Gasteiger partial charge in [-0.25, -0.2) is 20.0 Å². The number of fused-ring (bicyclic) bond motifs is 1. The molecule has 10 heteroatoms. The summed E-state index contributed by atoms with van der Waals surface area (Å²) < 4.78 is 33.4. The molecule has 4 aromatic rings. The number of anilines is 1. The van der Waals surface area contributed by atoms with Crippen molar-refractivity contribution in [2.24, 2.45) is 0 Å². The number of ether oxygens (including phenoxy) is 1. The first-order chi connectivity index (χ1) is 14.5. The number of nitrogens with one attached hydrogen (secondary N) is 1. The Labute approximate surface area is 181 Å². The lowest BCUT2D eigenvalue weighted by atomic mass is 10.0. The molecule has 0 aliphatic carbocycles. The zero-order valence-electron chi connectivity index (χ0n) is 15.2. The van der Waals surface area contributed by atoms with E-state index in [-0.39, 0.29) is 11.6 Å². The lowest BCUT2D eigenvalue weighted by Crippen LogP contribution is -2.12. The zero-order chi connectivity index (χ0) is 21.1. The van der Waals surface area contributed by atoms with Gasteiger partial charge in [0, 0.05) is 33.7 Å². The van der Waals surface area contributed by atoms with Gasteiger partial charge in [0.2, 0.25) is 0 Å². The molecule has 0 unspecified atom stereocenters. The summed E-state index contributed by atoms with van der Waals surface area (Å²) in [5.41, 5.74) is 1.26. The number of pyridine rings is 1. The van der Waals surface area contributed by atoms with Crippen molar-refractivity contribution in [3.05, 3.63) is 76.7 Å². The van der Waals surface area contributed by atoms with Crippen LogP contribution in [0, 0.1) is 6.57 Å². The largest absolute Gasteiger partial charge is 0.425 e. The van der Waals surface area contributed by atoms with Crippen molar-refractivity contribution in [1.82, 2.24) is 9.97 Å². The average molecular weight is 457 g/mol. The van der Waals surface area contributed by atoms with Crippen LogP contribution in [0.1, 0.15) is 0 Å². The number of thiazole rings is 1. The summed E-state index contributed by atoms with van der Waals surface area (Å²) in [6.07, 6.45) is 3.12. The van der Waals surface area contributed by atoms with Gasteiger partial charge in [-0.1, -0.05) is 17.7 Å². The first kappa shape index (κ1) is 20.1. The third kappa shape index (κ3) is 4.07. The summed E-state index contributed by atoms with van der Waals surface area (Å²) in [6.45, 7) is 6.80. The van der Waals surface area contributed by atoms with Gasteiger partial charge in [0.15, 0.2) is 5.13 Å². The molecule has 2 aromatic carbocycles. The fourth-order valence-electron chi connectivity index (χ4n) is 2.90. The standard InChI is InChI=1S/C20H13ClN4O3S2/c1-22-12-28-18-11-14(21)2-4-17(18)19-16-5-3-15(10-13(16)6-7-23-19)30(26,27)25-20-24-8-9-29-20/h2-11H,12H2,(H,24,25). The van der Waals surface area contributed by atoms with E-state index in [1.807, 2.05) is 0 Å². The van der Waals surface area contributed by atoms with Gasteiger partial charge in [-0.05, 0) is 41.8 Å². The van der Waals surface area contributed by atoms with Crippen LogP contribution in [0.4, 0.5) is 5.13 Å². The van der Waals surface area contributed by atoms with Crippen LogP contribution in [0.5, 0.6) is 5.75 Å². The van der Waals surface area contributed by atoms with Crippen molar-refractivity contribution in [3.63, 3.8) is 0 Å². The molecule has 0 aliphatic heterocycles. The number of aromatic nitrogens is 2. The fourth-order valence-corrected chi connectivity index (χ4v) is 4.88. The molecule has 2 aromatic heterocycles. The van der Waals surface area contributed by atoms with Crippen molar-refractivity contribution in [2.75, 3.05) is 11.5 Å². The Morgan fingerprint density at radius 1 is 1.13 bits per heavy atom. The predicted molar refractivity (Wildman–Crippen MR) is 117 cm³/mol. The van der Waals surface area contributed by atoms with Crippen LogP contribution in [0.15, 0.2) is 65.1 Å². The molecule has 0 saturated carbocycles. The van der Waals surface area contributed by atoms with Crippen LogP contribution in [0.2, 0.25) is 5.02 Å². The number of hydrogen-bond donors (Lipinski definition) is 1. The van der Waals surface area contributed by atoms with Gasteiger partial charge in [-0.2, -0.15) is 0 Å². The van der Waals surface area contributed by atoms with Crippen molar-refractivity contribution < 1.29 is 13.2 Å². The number of benzene rings is 2. The van der Waals surface area contributed by atoms with Crippen LogP contribution in [0.25, 0.3) is 26.9 Å². The third-order valence-corrected chi connectivity index (χ3v) is 6.57. The minimum absolute atomic E-state index is 0.114. The van der Waals surface area contributed by atoms with Crippen LogP contribution in [-0.4, -0.2) is 25.1 Å². The number of sulfonamides is 1. The minimum atomic E-state index is -3.78. The molecule has 0 atom stereocenters. The van der Waals surface area contributed by atoms with Crippen molar-refractivity contribution in [1.29, 1.82) is 0 Å². The van der Waals surface area contributed by atoms with Gasteiger partial charge in [0.05, 0.1) is 10.6 Å². The molecule has 7 nitrogen and oxygen atoms in total. The topological polar surface area (TPSA) is 85.5 Å². The van der Waals surface area contributed by atoms with Crippen LogP contribution < -0.4 is 9.46 Å². The van der Waals surface area contributed by atoms with E-state index in [0.29, 0.717) is 32.5 Å². The molecule has 1 N–H and O–H groups in total. The molecular formula is C20H13ClN4O3S2. The van der Waals surface area contributed by atoms with E-state index in [1.165, 1.54) is 23.6 Å². The van der Waals surface area contributed by atoms with Crippen LogP contribution >= 0.6 is 22.9 Å². The van der Waals surface area contributed by atoms with E-state index >= 15 is 0 Å². The Balaban J connectivity index is 1.79. The Bertz CT molecular complexity index is 1370. The number of halogens is 1. The molecule has 0 saturated heterocycles. The Hall–Kier alpha value is -3.19. The Morgan fingerprint density at radius 3 is 2.77 bits per heavy atom. The summed E-state index contributed by atoms with van der Waals surface area (Å²) in [5.74, 6) is 0.431. The maximum absolute atomic E-state index is 12.7. The molecule has 2 heterocycles. The highest BCUT2D eigenvalue weighted by atomic mass is 35.5. The van der Waals surface area contributed by atoms with Gasteiger partial charge in [0.25, 0.3) is 10.0 Å². The minimum Gasteiger partial charge on any atom is -0.425 e. The monoisotopic (exact) mass is 456 g/mol. The quantitative estimate of drug-likeness (QED) is 0.409. The molecule has 0 fully saturated rings. The molecule has 0 aliphatic rings. The summed E-state index contributed by atoms with van der Waals surface area (Å²) in [4.78, 5) is 11.7. The van der Waals surface area contributed by atoms with E-state index < -0.39 is 10.0 Å². The van der Waals surface area contributed by atoms with Crippen LogP contribution in [0.3, 0.4) is 0 Å². The average Bonchev–Trinajstić information content (AvgIpc) is 3.24. The predicted octanol–water partition coefficient (Wildman–Crippen LogP) is 5.07. The lowest BCUT2D eigenvalue weighted by molar-refractivity contribution is 0.362. The Kier molecular flexibility index (Phi) is 5.55. The zero-order valence-corrected chi connectivity index (χ0v) is 17.6. The molecule has 0 spiro atoms. The van der Waals surface area contributed by atoms with E-state index in [4.69, 9.17) is 22.9 Å². The number of rotatable bonds is 6. The first-order valence-corrected chi connectivity index (χ1v) is 11.3. The van der Waals surface area contributed by atoms with Gasteiger partial charge in [-0.15, -0.1) is 11.3 Å². The Morgan fingerprint density at radius 2 is 2.00 bits per heavy atom. The maximum atomic E-state index is 12.7. The van der Waals surface area contributed by atoms with Crippen LogP contribution in [-0.2, 0) is 10.0 Å². The highest BCUT2D eigenvalue weighted by Crippen LogP contribution is 2.36. The molecule has 0 amide bonds. The molecular weight excluding hydrogens is 444 g/mol. The lowest BCUT2D eigenvalue weighted by Gasteiger charge is -2.12. The molecule has 4 rings (SSSR count). The van der Waals surface area contributed by atoms with Gasteiger partial charge in [0.1, 0.15) is 5.75 Å². The summed E-state index contributed by atoms with van der Waals surface area (Å²) in [6, 6.07) is 11.6. The van der Waals surface area contributed by atoms with Crippen molar-refractivity contribution >= 4 is 48.9 Å². The van der Waals surface area contributed by atoms with E-state index in [9.17, 15) is 8.42 Å². The summed E-state index contributed by atoms with van der Waals surface area (Å²) in [5, 5.41) is 3.89. The molecule has 150 valence electrons. The van der Waals surface area contributed by atoms with Gasteiger partial charge in [-0.3, -0.25) is 14.6 Å². The van der Waals surface area contributed by atoms with E-state index in [0.717, 1.165) is 5.39 Å². The molecule has 30 heavy (non-hydrogen) atoms. The molecule has 0 radical (unpaired) electrons. The first-order valence-electron chi connectivity index (χ1n) is 8.55. The second-order valence-electron chi connectivity index (χ2n) is 6.06. The highest BCUT2D eigenvalue weighted by Gasteiger charge is 2.18. The summed E-state index contributed by atoms with van der Waals surface area (Å²) in [7, 11) is -3.78. The van der Waals surface area contributed by atoms with E-state index in [2.05, 4.69) is 19.5 Å². The smallest absolute Gasteiger partial charge is 0.357 e. The fraction of sp³-hybridized carbons (Fsp3) is 0.0500. The second kappa shape index (κ2) is 8.28. The SMILES string of the molecule is [C-]#[N+]COc1cc(Cl)ccc1-c1nccc2cc(S(=O)(=O)Nc3nccs3)ccc12. The van der Waals surface area contributed by atoms with Crippen molar-refractivity contribution in [2.45, 2.75) is 4.90 Å². The highest BCUT2D eigenvalue weighted by molar-refractivity contribution is 7.93. The number of nitrogens with zero attached hydrogens (tertiary/aromatic N) is 3. The normalized spacial score (nSPS) is 11.2. The summed E-state index contributed by atoms with van der Waals surface area (Å²) >= 11 is 7.27. The second-order valence-corrected chi connectivity index (χ2v) is 9.07. The number of hydrogen-bond acceptors (Lipinski definition) is 6.